The minimum absolute atomic E-state index is 0.139. The molecule has 0 spiro atoms. The highest BCUT2D eigenvalue weighted by Gasteiger charge is 2.22. The van der Waals surface area contributed by atoms with Crippen molar-refractivity contribution in [1.82, 2.24) is 10.3 Å². The fraction of sp³-hybridized carbons (Fsp3) is 0.692. The van der Waals surface area contributed by atoms with E-state index in [2.05, 4.69) is 10.3 Å². The number of aryl methyl sites for hydroxylation is 1. The predicted molar refractivity (Wildman–Crippen MR) is 66.6 cm³/mol. The molecule has 0 radical (unpaired) electrons. The van der Waals surface area contributed by atoms with Gasteiger partial charge in [0.25, 0.3) is 5.91 Å². The average Bonchev–Trinajstić information content (AvgIpc) is 2.94. The molecule has 1 atom stereocenters. The molecule has 2 heterocycles. The molecule has 1 aromatic rings. The Morgan fingerprint density at radius 1 is 1.56 bits per heavy atom. The lowest BCUT2D eigenvalue weighted by Gasteiger charge is -2.10. The summed E-state index contributed by atoms with van der Waals surface area (Å²) in [5, 5.41) is 2.85. The number of oxazole rings is 1. The van der Waals surface area contributed by atoms with E-state index >= 15 is 0 Å². The van der Waals surface area contributed by atoms with E-state index in [0.29, 0.717) is 18.2 Å². The Morgan fingerprint density at radius 2 is 2.33 bits per heavy atom. The summed E-state index contributed by atoms with van der Waals surface area (Å²) in [7, 11) is 0. The second-order valence-corrected chi connectivity index (χ2v) is 4.95. The van der Waals surface area contributed by atoms with Gasteiger partial charge in [0.1, 0.15) is 0 Å². The largest absolute Gasteiger partial charge is 0.436 e. The van der Waals surface area contributed by atoms with E-state index < -0.39 is 0 Å². The van der Waals surface area contributed by atoms with E-state index in [9.17, 15) is 4.79 Å². The highest BCUT2D eigenvalue weighted by Crippen LogP contribution is 2.20. The Kier molecular flexibility index (Phi) is 4.01. The second-order valence-electron chi connectivity index (χ2n) is 4.95. The SMILES string of the molecule is Cc1nc(C(C)C)c(C(=O)NCC2CCCO2)o1. The van der Waals surface area contributed by atoms with Crippen molar-refractivity contribution in [3.8, 4) is 0 Å². The zero-order chi connectivity index (χ0) is 13.1. The van der Waals surface area contributed by atoms with E-state index in [-0.39, 0.29) is 17.9 Å². The van der Waals surface area contributed by atoms with Crippen LogP contribution in [0.2, 0.25) is 0 Å². The summed E-state index contributed by atoms with van der Waals surface area (Å²) in [4.78, 5) is 16.3. The van der Waals surface area contributed by atoms with Crippen LogP contribution < -0.4 is 5.32 Å². The number of nitrogens with one attached hydrogen (secondary N) is 1. The van der Waals surface area contributed by atoms with Crippen LogP contribution in [0.25, 0.3) is 0 Å². The molecule has 1 unspecified atom stereocenters. The van der Waals surface area contributed by atoms with Gasteiger partial charge in [-0.05, 0) is 18.8 Å². The molecule has 1 aliphatic heterocycles. The van der Waals surface area contributed by atoms with Gasteiger partial charge in [0.2, 0.25) is 5.76 Å². The molecule has 1 amide bonds. The number of ether oxygens (including phenoxy) is 1. The summed E-state index contributed by atoms with van der Waals surface area (Å²) in [6, 6.07) is 0. The van der Waals surface area contributed by atoms with E-state index in [0.717, 1.165) is 25.1 Å². The number of nitrogens with zero attached hydrogens (tertiary/aromatic N) is 1. The van der Waals surface area contributed by atoms with Crippen molar-refractivity contribution in [2.45, 2.75) is 45.6 Å². The van der Waals surface area contributed by atoms with Gasteiger partial charge in [-0.3, -0.25) is 4.79 Å². The van der Waals surface area contributed by atoms with Gasteiger partial charge in [-0.15, -0.1) is 0 Å². The Morgan fingerprint density at radius 3 is 2.94 bits per heavy atom. The lowest BCUT2D eigenvalue weighted by molar-refractivity contribution is 0.0832. The van der Waals surface area contributed by atoms with Gasteiger partial charge in [-0.25, -0.2) is 4.98 Å². The molecule has 2 rings (SSSR count). The smallest absolute Gasteiger partial charge is 0.289 e. The van der Waals surface area contributed by atoms with Gasteiger partial charge in [-0.2, -0.15) is 0 Å². The van der Waals surface area contributed by atoms with Crippen molar-refractivity contribution < 1.29 is 13.9 Å². The van der Waals surface area contributed by atoms with Crippen LogP contribution in [-0.2, 0) is 4.74 Å². The molecule has 0 aliphatic carbocycles. The number of carbonyl (C=O) groups excluding carboxylic acids is 1. The first-order valence-electron chi connectivity index (χ1n) is 6.45. The number of hydrogen-bond acceptors (Lipinski definition) is 4. The molecule has 18 heavy (non-hydrogen) atoms. The second kappa shape index (κ2) is 5.52. The van der Waals surface area contributed by atoms with Gasteiger partial charge in [0.15, 0.2) is 5.89 Å². The fourth-order valence-corrected chi connectivity index (χ4v) is 2.09. The third-order valence-electron chi connectivity index (χ3n) is 3.03. The summed E-state index contributed by atoms with van der Waals surface area (Å²) < 4.78 is 10.9. The molecular weight excluding hydrogens is 232 g/mol. The maximum Gasteiger partial charge on any atom is 0.289 e. The molecule has 0 aromatic carbocycles. The Bertz CT molecular complexity index is 420. The number of rotatable bonds is 4. The summed E-state index contributed by atoms with van der Waals surface area (Å²) in [5.41, 5.74) is 0.720. The van der Waals surface area contributed by atoms with Crippen LogP contribution in [0.4, 0.5) is 0 Å². The summed E-state index contributed by atoms with van der Waals surface area (Å²) in [6.07, 6.45) is 2.21. The number of aromatic nitrogens is 1. The van der Waals surface area contributed by atoms with Crippen molar-refractivity contribution in [2.24, 2.45) is 0 Å². The van der Waals surface area contributed by atoms with Crippen LogP contribution >= 0.6 is 0 Å². The number of amides is 1. The predicted octanol–water partition coefficient (Wildman–Crippen LogP) is 2.02. The molecule has 0 saturated carbocycles. The first-order chi connectivity index (χ1) is 8.58. The third-order valence-corrected chi connectivity index (χ3v) is 3.03. The lowest BCUT2D eigenvalue weighted by Crippen LogP contribution is -2.32. The van der Waals surface area contributed by atoms with Gasteiger partial charge in [0, 0.05) is 20.1 Å². The van der Waals surface area contributed by atoms with Crippen molar-refractivity contribution in [2.75, 3.05) is 13.2 Å². The molecule has 1 aromatic heterocycles. The first kappa shape index (κ1) is 13.1. The third kappa shape index (κ3) is 2.90. The van der Waals surface area contributed by atoms with Gasteiger partial charge in [-0.1, -0.05) is 13.8 Å². The van der Waals surface area contributed by atoms with Crippen LogP contribution in [0, 0.1) is 6.92 Å². The summed E-state index contributed by atoms with van der Waals surface area (Å²) >= 11 is 0. The highest BCUT2D eigenvalue weighted by molar-refractivity contribution is 5.92. The van der Waals surface area contributed by atoms with Crippen LogP contribution in [0.1, 0.15) is 54.7 Å². The van der Waals surface area contributed by atoms with Gasteiger partial charge < -0.3 is 14.5 Å². The lowest BCUT2D eigenvalue weighted by atomic mass is 10.1. The van der Waals surface area contributed by atoms with Crippen molar-refractivity contribution in [3.63, 3.8) is 0 Å². The molecule has 1 aliphatic rings. The van der Waals surface area contributed by atoms with E-state index in [1.165, 1.54) is 0 Å². The van der Waals surface area contributed by atoms with Crippen LogP contribution in [0.5, 0.6) is 0 Å². The average molecular weight is 252 g/mol. The van der Waals surface area contributed by atoms with E-state index in [1.54, 1.807) is 6.92 Å². The molecule has 1 N–H and O–H groups in total. The van der Waals surface area contributed by atoms with Crippen molar-refractivity contribution in [3.05, 3.63) is 17.3 Å². The molecule has 1 fully saturated rings. The summed E-state index contributed by atoms with van der Waals surface area (Å²) in [6.45, 7) is 7.07. The fourth-order valence-electron chi connectivity index (χ4n) is 2.09. The van der Waals surface area contributed by atoms with Crippen LogP contribution in [0.3, 0.4) is 0 Å². The number of carbonyl (C=O) groups is 1. The topological polar surface area (TPSA) is 64.4 Å². The molecule has 100 valence electrons. The maximum atomic E-state index is 12.0. The molecule has 1 saturated heterocycles. The van der Waals surface area contributed by atoms with Crippen molar-refractivity contribution >= 4 is 5.91 Å². The van der Waals surface area contributed by atoms with E-state index in [4.69, 9.17) is 9.15 Å². The molecule has 5 heteroatoms. The van der Waals surface area contributed by atoms with Gasteiger partial charge in [0.05, 0.1) is 11.8 Å². The minimum atomic E-state index is -0.199. The Labute approximate surface area is 107 Å². The maximum absolute atomic E-state index is 12.0. The molecule has 0 bridgehead atoms. The highest BCUT2D eigenvalue weighted by atomic mass is 16.5. The first-order valence-corrected chi connectivity index (χ1v) is 6.45. The Balaban J connectivity index is 1.99. The number of hydrogen-bond donors (Lipinski definition) is 1. The zero-order valence-corrected chi connectivity index (χ0v) is 11.2. The zero-order valence-electron chi connectivity index (χ0n) is 11.2. The molecule has 5 nitrogen and oxygen atoms in total. The van der Waals surface area contributed by atoms with Gasteiger partial charge >= 0.3 is 0 Å². The minimum Gasteiger partial charge on any atom is -0.436 e. The summed E-state index contributed by atoms with van der Waals surface area (Å²) in [5.74, 6) is 0.835. The monoisotopic (exact) mass is 252 g/mol. The quantitative estimate of drug-likeness (QED) is 0.890. The Hall–Kier alpha value is -1.36. The normalized spacial score (nSPS) is 19.4. The standard InChI is InChI=1S/C13H20N2O3/c1-8(2)11-12(18-9(3)15-11)13(16)14-7-10-5-4-6-17-10/h8,10H,4-7H2,1-3H3,(H,14,16). The van der Waals surface area contributed by atoms with Crippen LogP contribution in [-0.4, -0.2) is 30.1 Å². The van der Waals surface area contributed by atoms with E-state index in [1.807, 2.05) is 13.8 Å². The van der Waals surface area contributed by atoms with Crippen LogP contribution in [0.15, 0.2) is 4.42 Å². The molecular formula is C13H20N2O3. The van der Waals surface area contributed by atoms with Crippen molar-refractivity contribution in [1.29, 1.82) is 0 Å².